The summed E-state index contributed by atoms with van der Waals surface area (Å²) in [4.78, 5) is 8.99. The minimum atomic E-state index is 0.439. The summed E-state index contributed by atoms with van der Waals surface area (Å²) in [7, 11) is 4.70. The average Bonchev–Trinajstić information content (AvgIpc) is 3.16. The molecule has 4 rings (SSSR count). The average molecular weight is 412 g/mol. The van der Waals surface area contributed by atoms with Crippen LogP contribution in [0.15, 0.2) is 48.7 Å². The smallest absolute Gasteiger partial charge is 0.247 e. The largest absolute Gasteiger partial charge is 0.493 e. The number of rotatable bonds is 6. The van der Waals surface area contributed by atoms with Crippen molar-refractivity contribution in [2.24, 2.45) is 0 Å². The molecule has 0 unspecified atom stereocenters. The van der Waals surface area contributed by atoms with E-state index in [0.717, 1.165) is 11.3 Å². The van der Waals surface area contributed by atoms with Crippen LogP contribution in [-0.4, -0.2) is 40.9 Å². The molecule has 4 aromatic rings. The van der Waals surface area contributed by atoms with Gasteiger partial charge in [-0.15, -0.1) is 5.10 Å². The second-order valence-electron chi connectivity index (χ2n) is 6.02. The van der Waals surface area contributed by atoms with Crippen LogP contribution in [0.3, 0.4) is 0 Å². The molecule has 29 heavy (non-hydrogen) atoms. The van der Waals surface area contributed by atoms with Gasteiger partial charge in [0.1, 0.15) is 0 Å². The molecule has 0 bridgehead atoms. The number of benzene rings is 2. The van der Waals surface area contributed by atoms with Crippen LogP contribution < -0.4 is 19.5 Å². The van der Waals surface area contributed by atoms with E-state index in [2.05, 4.69) is 20.4 Å². The summed E-state index contributed by atoms with van der Waals surface area (Å²) in [5.74, 6) is 2.59. The van der Waals surface area contributed by atoms with Gasteiger partial charge in [0.25, 0.3) is 0 Å². The van der Waals surface area contributed by atoms with Gasteiger partial charge in [-0.3, -0.25) is 0 Å². The standard InChI is InChI=1S/C20H18ClN5O3/c1-27-15-10-12(11-16(28-2)18(15)29-3)19-22-9-8-17-24-20(25-26(17)19)23-14-6-4-13(21)5-7-14/h4-11H,1-3H3,(H,23,25). The van der Waals surface area contributed by atoms with Crippen LogP contribution in [-0.2, 0) is 0 Å². The Morgan fingerprint density at radius 2 is 1.62 bits per heavy atom. The molecule has 0 saturated carbocycles. The van der Waals surface area contributed by atoms with E-state index in [0.29, 0.717) is 39.7 Å². The number of fused-ring (bicyclic) bond motifs is 1. The predicted molar refractivity (Wildman–Crippen MR) is 111 cm³/mol. The lowest BCUT2D eigenvalue weighted by molar-refractivity contribution is 0.324. The fourth-order valence-corrected chi connectivity index (χ4v) is 3.07. The molecule has 8 nitrogen and oxygen atoms in total. The molecule has 2 aromatic carbocycles. The van der Waals surface area contributed by atoms with E-state index in [-0.39, 0.29) is 0 Å². The van der Waals surface area contributed by atoms with E-state index in [1.165, 1.54) is 0 Å². The van der Waals surface area contributed by atoms with E-state index in [4.69, 9.17) is 25.8 Å². The molecule has 2 heterocycles. The molecule has 0 atom stereocenters. The fraction of sp³-hybridized carbons (Fsp3) is 0.150. The van der Waals surface area contributed by atoms with E-state index in [1.54, 1.807) is 50.2 Å². The molecule has 0 spiro atoms. The van der Waals surface area contributed by atoms with Crippen molar-refractivity contribution in [3.8, 4) is 28.6 Å². The lowest BCUT2D eigenvalue weighted by Crippen LogP contribution is -2.00. The minimum absolute atomic E-state index is 0.439. The van der Waals surface area contributed by atoms with Crippen molar-refractivity contribution in [2.45, 2.75) is 0 Å². The van der Waals surface area contributed by atoms with Gasteiger partial charge in [-0.25, -0.2) is 4.98 Å². The van der Waals surface area contributed by atoms with Gasteiger partial charge in [0.2, 0.25) is 11.7 Å². The Labute approximate surface area is 172 Å². The second-order valence-corrected chi connectivity index (χ2v) is 6.46. The second kappa shape index (κ2) is 7.84. The van der Waals surface area contributed by atoms with Crippen molar-refractivity contribution < 1.29 is 14.2 Å². The Bertz CT molecular complexity index is 1140. The maximum atomic E-state index is 5.94. The first-order chi connectivity index (χ1) is 14.1. The summed E-state index contributed by atoms with van der Waals surface area (Å²) in [6.07, 6.45) is 1.68. The summed E-state index contributed by atoms with van der Waals surface area (Å²) in [6.45, 7) is 0. The van der Waals surface area contributed by atoms with Gasteiger partial charge in [0.05, 0.1) is 21.3 Å². The molecule has 1 N–H and O–H groups in total. The zero-order valence-corrected chi connectivity index (χ0v) is 16.8. The first-order valence-corrected chi connectivity index (χ1v) is 9.05. The van der Waals surface area contributed by atoms with Gasteiger partial charge >= 0.3 is 0 Å². The van der Waals surface area contributed by atoms with Gasteiger partial charge in [0.15, 0.2) is 23.0 Å². The van der Waals surface area contributed by atoms with Gasteiger partial charge in [0, 0.05) is 28.5 Å². The number of halogens is 1. The van der Waals surface area contributed by atoms with Crippen LogP contribution in [0.2, 0.25) is 5.02 Å². The number of hydrogen-bond acceptors (Lipinski definition) is 7. The van der Waals surface area contributed by atoms with Gasteiger partial charge in [-0.05, 0) is 36.4 Å². The monoisotopic (exact) mass is 411 g/mol. The summed E-state index contributed by atoms with van der Waals surface area (Å²) in [5, 5.41) is 8.37. The number of hydrogen-bond donors (Lipinski definition) is 1. The van der Waals surface area contributed by atoms with Crippen molar-refractivity contribution in [3.63, 3.8) is 0 Å². The SMILES string of the molecule is COc1cc(-c2nccc3nc(Nc4ccc(Cl)cc4)nn23)cc(OC)c1OC. The van der Waals surface area contributed by atoms with Crippen molar-refractivity contribution in [1.82, 2.24) is 19.6 Å². The van der Waals surface area contributed by atoms with Crippen LogP contribution in [0.5, 0.6) is 17.2 Å². The lowest BCUT2D eigenvalue weighted by atomic mass is 10.1. The zero-order valence-electron chi connectivity index (χ0n) is 16.0. The minimum Gasteiger partial charge on any atom is -0.493 e. The van der Waals surface area contributed by atoms with Crippen molar-refractivity contribution >= 4 is 28.9 Å². The Morgan fingerprint density at radius 1 is 0.931 bits per heavy atom. The predicted octanol–water partition coefficient (Wildman–Crippen LogP) is 4.21. The van der Waals surface area contributed by atoms with Crippen molar-refractivity contribution in [2.75, 3.05) is 26.6 Å². The highest BCUT2D eigenvalue weighted by molar-refractivity contribution is 6.30. The molecule has 0 amide bonds. The van der Waals surface area contributed by atoms with Crippen LogP contribution >= 0.6 is 11.6 Å². The van der Waals surface area contributed by atoms with Crippen LogP contribution in [0.4, 0.5) is 11.6 Å². The first-order valence-electron chi connectivity index (χ1n) is 8.67. The fourth-order valence-electron chi connectivity index (χ4n) is 2.94. The molecule has 9 heteroatoms. The quantitative estimate of drug-likeness (QED) is 0.508. The molecule has 2 aromatic heterocycles. The maximum absolute atomic E-state index is 5.94. The molecule has 0 aliphatic heterocycles. The lowest BCUT2D eigenvalue weighted by Gasteiger charge is -2.14. The van der Waals surface area contributed by atoms with Crippen LogP contribution in [0.25, 0.3) is 17.0 Å². The van der Waals surface area contributed by atoms with Crippen LogP contribution in [0.1, 0.15) is 0 Å². The third-order valence-electron chi connectivity index (χ3n) is 4.28. The van der Waals surface area contributed by atoms with Crippen molar-refractivity contribution in [1.29, 1.82) is 0 Å². The van der Waals surface area contributed by atoms with Crippen molar-refractivity contribution in [3.05, 3.63) is 53.7 Å². The Morgan fingerprint density at radius 3 is 2.24 bits per heavy atom. The Balaban J connectivity index is 1.78. The van der Waals surface area contributed by atoms with Crippen LogP contribution in [0, 0.1) is 0 Å². The van der Waals surface area contributed by atoms with E-state index in [9.17, 15) is 0 Å². The number of nitrogens with zero attached hydrogens (tertiary/aromatic N) is 4. The molecular weight excluding hydrogens is 394 g/mol. The summed E-state index contributed by atoms with van der Waals surface area (Å²) < 4.78 is 17.9. The van der Waals surface area contributed by atoms with Gasteiger partial charge in [-0.1, -0.05) is 11.6 Å². The molecule has 0 saturated heterocycles. The third kappa shape index (κ3) is 3.62. The highest BCUT2D eigenvalue weighted by atomic mass is 35.5. The number of methoxy groups -OCH3 is 3. The Hall–Kier alpha value is -3.52. The highest BCUT2D eigenvalue weighted by Gasteiger charge is 2.17. The third-order valence-corrected chi connectivity index (χ3v) is 4.53. The highest BCUT2D eigenvalue weighted by Crippen LogP contribution is 2.40. The summed E-state index contributed by atoms with van der Waals surface area (Å²) in [5.41, 5.74) is 2.21. The van der Waals surface area contributed by atoms with E-state index in [1.807, 2.05) is 24.3 Å². The molecule has 0 aliphatic rings. The molecular formula is C20H18ClN5O3. The molecule has 0 radical (unpaired) electrons. The summed E-state index contributed by atoms with van der Waals surface area (Å²) in [6, 6.07) is 12.7. The van der Waals surface area contributed by atoms with E-state index >= 15 is 0 Å². The number of anilines is 2. The van der Waals surface area contributed by atoms with E-state index < -0.39 is 0 Å². The number of ether oxygens (including phenoxy) is 3. The normalized spacial score (nSPS) is 10.8. The zero-order chi connectivity index (χ0) is 20.4. The summed E-state index contributed by atoms with van der Waals surface area (Å²) >= 11 is 5.94. The number of aromatic nitrogens is 4. The maximum Gasteiger partial charge on any atom is 0.247 e. The topological polar surface area (TPSA) is 82.8 Å². The number of nitrogens with one attached hydrogen (secondary N) is 1. The Kier molecular flexibility index (Phi) is 5.09. The molecule has 0 fully saturated rings. The molecule has 148 valence electrons. The molecule has 0 aliphatic carbocycles. The van der Waals surface area contributed by atoms with Gasteiger partial charge < -0.3 is 19.5 Å². The van der Waals surface area contributed by atoms with Gasteiger partial charge in [-0.2, -0.15) is 9.50 Å². The first kappa shape index (κ1) is 18.8.